The van der Waals surface area contributed by atoms with Gasteiger partial charge in [-0.05, 0) is 18.2 Å². The van der Waals surface area contributed by atoms with Crippen molar-refractivity contribution >= 4 is 17.6 Å². The lowest BCUT2D eigenvalue weighted by molar-refractivity contribution is -0.137. The maximum Gasteiger partial charge on any atom is 0.417 e. The minimum absolute atomic E-state index is 0.0192. The first-order valence-corrected chi connectivity index (χ1v) is 6.25. The molecule has 22 heavy (non-hydrogen) atoms. The number of carboxylic acids is 1. The van der Waals surface area contributed by atoms with Crippen LogP contribution >= 0.6 is 11.6 Å². The lowest BCUT2D eigenvalue weighted by atomic mass is 10.0. The summed E-state index contributed by atoms with van der Waals surface area (Å²) in [6.07, 6.45) is -4.67. The van der Waals surface area contributed by atoms with Crippen LogP contribution in [0.4, 0.5) is 13.2 Å². The number of hydrogen-bond acceptors (Lipinski definition) is 3. The number of aryl methyl sites for hydroxylation is 1. The third-order valence-corrected chi connectivity index (χ3v) is 3.27. The van der Waals surface area contributed by atoms with E-state index in [1.54, 1.807) is 0 Å². The van der Waals surface area contributed by atoms with Gasteiger partial charge in [0.05, 0.1) is 23.4 Å². The van der Waals surface area contributed by atoms with E-state index < -0.39 is 17.7 Å². The number of carbonyl (C=O) groups is 1. The highest BCUT2D eigenvalue weighted by Crippen LogP contribution is 2.42. The molecule has 0 aliphatic rings. The molecule has 0 fully saturated rings. The van der Waals surface area contributed by atoms with Gasteiger partial charge in [0.1, 0.15) is 5.75 Å². The van der Waals surface area contributed by atoms with Gasteiger partial charge in [-0.2, -0.15) is 18.3 Å². The molecule has 0 spiro atoms. The van der Waals surface area contributed by atoms with E-state index in [1.165, 1.54) is 14.2 Å². The maximum absolute atomic E-state index is 13.2. The normalized spacial score (nSPS) is 11.5. The van der Waals surface area contributed by atoms with Crippen LogP contribution in [0.25, 0.3) is 11.3 Å². The molecule has 0 unspecified atom stereocenters. The van der Waals surface area contributed by atoms with Gasteiger partial charge >= 0.3 is 12.1 Å². The Morgan fingerprint density at radius 2 is 2.00 bits per heavy atom. The minimum atomic E-state index is -4.67. The Balaban J connectivity index is 2.74. The van der Waals surface area contributed by atoms with Crippen molar-refractivity contribution in [2.45, 2.75) is 6.18 Å². The second-order valence-electron chi connectivity index (χ2n) is 4.37. The van der Waals surface area contributed by atoms with Crippen LogP contribution in [0.3, 0.4) is 0 Å². The summed E-state index contributed by atoms with van der Waals surface area (Å²) in [4.78, 5) is 10.9. The van der Waals surface area contributed by atoms with Crippen LogP contribution in [0, 0.1) is 0 Å². The summed E-state index contributed by atoms with van der Waals surface area (Å²) in [6, 6.07) is 2.90. The molecule has 0 aliphatic heterocycles. The first kappa shape index (κ1) is 16.2. The van der Waals surface area contributed by atoms with Crippen molar-refractivity contribution in [1.82, 2.24) is 9.78 Å². The molecule has 118 valence electrons. The molecule has 0 radical (unpaired) electrons. The van der Waals surface area contributed by atoms with Crippen molar-refractivity contribution in [2.24, 2.45) is 7.05 Å². The van der Waals surface area contributed by atoms with Crippen molar-refractivity contribution in [1.29, 1.82) is 0 Å². The maximum atomic E-state index is 13.2. The lowest BCUT2D eigenvalue weighted by Crippen LogP contribution is -2.09. The molecule has 0 aliphatic carbocycles. The number of rotatable bonds is 3. The summed E-state index contributed by atoms with van der Waals surface area (Å²) in [6.45, 7) is 0. The third kappa shape index (κ3) is 2.87. The van der Waals surface area contributed by atoms with Gasteiger partial charge in [-0.25, -0.2) is 4.79 Å². The molecule has 1 aromatic carbocycles. The molecular formula is C13H10ClF3N2O3. The van der Waals surface area contributed by atoms with E-state index in [4.69, 9.17) is 21.4 Å². The van der Waals surface area contributed by atoms with E-state index >= 15 is 0 Å². The number of halogens is 4. The van der Waals surface area contributed by atoms with E-state index in [2.05, 4.69) is 5.10 Å². The lowest BCUT2D eigenvalue weighted by Gasteiger charge is -2.15. The van der Waals surface area contributed by atoms with Crippen molar-refractivity contribution < 1.29 is 27.8 Å². The number of hydrogen-bond donors (Lipinski definition) is 1. The second kappa shape index (κ2) is 5.53. The minimum Gasteiger partial charge on any atom is -0.495 e. The van der Waals surface area contributed by atoms with Crippen molar-refractivity contribution in [3.63, 3.8) is 0 Å². The number of carboxylic acid groups (broad SMARTS) is 1. The Morgan fingerprint density at radius 3 is 2.45 bits per heavy atom. The number of nitrogens with zero attached hydrogens (tertiary/aromatic N) is 2. The van der Waals surface area contributed by atoms with Gasteiger partial charge in [-0.15, -0.1) is 0 Å². The van der Waals surface area contributed by atoms with Gasteiger partial charge in [0.2, 0.25) is 0 Å². The molecule has 9 heteroatoms. The summed E-state index contributed by atoms with van der Waals surface area (Å²) >= 11 is 5.88. The molecule has 0 saturated carbocycles. The fourth-order valence-corrected chi connectivity index (χ4v) is 2.22. The Kier molecular flexibility index (Phi) is 4.06. The quantitative estimate of drug-likeness (QED) is 0.933. The number of methoxy groups -OCH3 is 1. The highest BCUT2D eigenvalue weighted by Gasteiger charge is 2.36. The van der Waals surface area contributed by atoms with Gasteiger partial charge in [-0.1, -0.05) is 11.6 Å². The summed E-state index contributed by atoms with van der Waals surface area (Å²) in [5, 5.41) is 12.5. The van der Waals surface area contributed by atoms with Crippen molar-refractivity contribution in [3.8, 4) is 17.0 Å². The molecule has 2 rings (SSSR count). The highest BCUT2D eigenvalue weighted by atomic mass is 35.5. The molecule has 0 atom stereocenters. The zero-order valence-corrected chi connectivity index (χ0v) is 12.2. The van der Waals surface area contributed by atoms with E-state index in [1.807, 2.05) is 0 Å². The van der Waals surface area contributed by atoms with Crippen molar-refractivity contribution in [2.75, 3.05) is 7.11 Å². The van der Waals surface area contributed by atoms with Crippen LogP contribution in [-0.2, 0) is 13.2 Å². The van der Waals surface area contributed by atoms with Gasteiger partial charge in [0.15, 0.2) is 5.69 Å². The van der Waals surface area contributed by atoms with Crippen LogP contribution in [0.1, 0.15) is 16.1 Å². The smallest absolute Gasteiger partial charge is 0.417 e. The van der Waals surface area contributed by atoms with Crippen LogP contribution in [-0.4, -0.2) is 28.0 Å². The Hall–Kier alpha value is -2.22. The third-order valence-electron chi connectivity index (χ3n) is 2.97. The van der Waals surface area contributed by atoms with Gasteiger partial charge < -0.3 is 9.84 Å². The van der Waals surface area contributed by atoms with Crippen LogP contribution in [0.2, 0.25) is 5.02 Å². The molecule has 1 aromatic heterocycles. The topological polar surface area (TPSA) is 64.3 Å². The molecule has 0 amide bonds. The van der Waals surface area contributed by atoms with E-state index in [0.717, 1.165) is 22.9 Å². The zero-order valence-electron chi connectivity index (χ0n) is 11.4. The predicted molar refractivity (Wildman–Crippen MR) is 72.2 cm³/mol. The SMILES string of the molecule is COc1cc(C(F)(F)F)c(-c2cc(C(=O)O)nn2C)cc1Cl. The molecule has 0 saturated heterocycles. The highest BCUT2D eigenvalue weighted by molar-refractivity contribution is 6.32. The fraction of sp³-hybridized carbons (Fsp3) is 0.231. The Bertz CT molecular complexity index is 741. The molecule has 2 aromatic rings. The monoisotopic (exact) mass is 334 g/mol. The molecule has 1 heterocycles. The van der Waals surface area contributed by atoms with Crippen molar-refractivity contribution in [3.05, 3.63) is 34.5 Å². The average molecular weight is 335 g/mol. The standard InChI is InChI=1S/C13H10ClF3N2O3/c1-19-10(5-9(18-19)12(20)21)6-3-8(14)11(22-2)4-7(6)13(15,16)17/h3-5H,1-2H3,(H,20,21). The van der Waals surface area contributed by atoms with Gasteiger partial charge in [-0.3, -0.25) is 4.68 Å². The number of aromatic carboxylic acids is 1. The number of aromatic nitrogens is 2. The Labute approximate surface area is 127 Å². The van der Waals surface area contributed by atoms with E-state index in [-0.39, 0.29) is 27.7 Å². The molecule has 0 bridgehead atoms. The summed E-state index contributed by atoms with van der Waals surface area (Å²) in [7, 11) is 2.55. The summed E-state index contributed by atoms with van der Waals surface area (Å²) in [5.41, 5.74) is -1.65. The van der Waals surface area contributed by atoms with Gasteiger partial charge in [0.25, 0.3) is 0 Å². The fourth-order valence-electron chi connectivity index (χ4n) is 1.98. The average Bonchev–Trinajstić information content (AvgIpc) is 2.79. The number of alkyl halides is 3. The second-order valence-corrected chi connectivity index (χ2v) is 4.78. The Morgan fingerprint density at radius 1 is 1.36 bits per heavy atom. The summed E-state index contributed by atoms with van der Waals surface area (Å²) < 4.78 is 45.6. The van der Waals surface area contributed by atoms with Crippen LogP contribution < -0.4 is 4.74 Å². The number of benzene rings is 1. The van der Waals surface area contributed by atoms with Gasteiger partial charge in [0, 0.05) is 12.6 Å². The first-order chi connectivity index (χ1) is 10.1. The van der Waals surface area contributed by atoms with Crippen LogP contribution in [0.5, 0.6) is 5.75 Å². The molecule has 5 nitrogen and oxygen atoms in total. The largest absolute Gasteiger partial charge is 0.495 e. The predicted octanol–water partition coefficient (Wildman–Crippen LogP) is 3.47. The van der Waals surface area contributed by atoms with E-state index in [9.17, 15) is 18.0 Å². The first-order valence-electron chi connectivity index (χ1n) is 5.87. The van der Waals surface area contributed by atoms with Crippen LogP contribution in [0.15, 0.2) is 18.2 Å². The zero-order chi connectivity index (χ0) is 16.7. The molecule has 1 N–H and O–H groups in total. The molecular weight excluding hydrogens is 325 g/mol. The van der Waals surface area contributed by atoms with E-state index in [0.29, 0.717) is 0 Å². The summed E-state index contributed by atoms with van der Waals surface area (Å²) in [5.74, 6) is -1.46. The number of ether oxygens (including phenoxy) is 1.